The maximum Gasteiger partial charge on any atom is 0.463 e. The molecular weight excluding hydrogens is 419 g/mol. The van der Waals surface area contributed by atoms with Gasteiger partial charge in [0.25, 0.3) is 0 Å². The molecule has 0 fully saturated rings. The number of fused-ring (bicyclic) bond motifs is 1. The molecule has 0 atom stereocenters. The van der Waals surface area contributed by atoms with Gasteiger partial charge in [0.15, 0.2) is 0 Å². The normalized spacial score (nSPS) is 19.1. The van der Waals surface area contributed by atoms with E-state index >= 15 is 0 Å². The van der Waals surface area contributed by atoms with Crippen LogP contribution < -0.4 is 5.46 Å². The van der Waals surface area contributed by atoms with Crippen molar-refractivity contribution in [1.29, 1.82) is 0 Å². The third kappa shape index (κ3) is 3.46. The molecule has 25 heavy (non-hydrogen) atoms. The first-order valence-corrected chi connectivity index (χ1v) is 11.3. The Balaban J connectivity index is 2.58. The molecular formula is C16H27B2Cl5N2. The number of hydrogen-bond donors (Lipinski definition) is 0. The second kappa shape index (κ2) is 7.62. The average molecular weight is 446 g/mol. The van der Waals surface area contributed by atoms with Crippen LogP contribution in [0.3, 0.4) is 0 Å². The van der Waals surface area contributed by atoms with Gasteiger partial charge in [0.2, 0.25) is 0 Å². The summed E-state index contributed by atoms with van der Waals surface area (Å²) in [5.74, 6) is 0. The summed E-state index contributed by atoms with van der Waals surface area (Å²) in [4.78, 5) is 0. The summed E-state index contributed by atoms with van der Waals surface area (Å²) >= 11 is 33.4. The van der Waals surface area contributed by atoms with Crippen LogP contribution in [0.4, 0.5) is 0 Å². The number of benzene rings is 1. The van der Waals surface area contributed by atoms with E-state index in [-0.39, 0.29) is 0 Å². The van der Waals surface area contributed by atoms with E-state index in [0.717, 1.165) is 43.8 Å². The topological polar surface area (TPSA) is 0 Å². The van der Waals surface area contributed by atoms with Gasteiger partial charge in [-0.1, -0.05) is 23.7 Å². The lowest BCUT2D eigenvalue weighted by molar-refractivity contribution is -0.835. The van der Waals surface area contributed by atoms with Gasteiger partial charge < -0.3 is 8.79 Å². The number of rotatable bonds is 7. The number of nitrogens with zero attached hydrogens (tertiary/aromatic N) is 2. The maximum absolute atomic E-state index is 7.06. The van der Waals surface area contributed by atoms with Gasteiger partial charge in [-0.05, 0) is 38.8 Å². The van der Waals surface area contributed by atoms with Crippen molar-refractivity contribution >= 4 is 72.4 Å². The highest BCUT2D eigenvalue weighted by Gasteiger charge is 2.51. The second-order valence-electron chi connectivity index (χ2n) is 7.17. The lowest BCUT2D eigenvalue weighted by Crippen LogP contribution is -2.64. The Morgan fingerprint density at radius 3 is 2.04 bits per heavy atom. The molecule has 0 aromatic heterocycles. The highest BCUT2D eigenvalue weighted by molar-refractivity contribution is 7.61. The molecule has 1 aliphatic rings. The standard InChI is InChI=1S/C16H27B2Cl5N2/c1-5-24(6-2)12-14-10-9-11-15(16(14)17(24,19)20)13-25(7-3,8-4)18(21,22)23/h9-11H,5-8,12-13H2,1-4H3. The van der Waals surface area contributed by atoms with Crippen molar-refractivity contribution in [2.24, 2.45) is 0 Å². The van der Waals surface area contributed by atoms with Crippen LogP contribution in [-0.2, 0) is 13.1 Å². The maximum atomic E-state index is 7.06. The Labute approximate surface area is 176 Å². The molecule has 0 unspecified atom stereocenters. The SMILES string of the molecule is CC[N+](CC)(Cc1cccc2c1[B-](Cl)(Cl)[N+](CC)(CC)C2)[B-](Cl)(Cl)Cl. The van der Waals surface area contributed by atoms with Crippen molar-refractivity contribution in [2.75, 3.05) is 26.2 Å². The Morgan fingerprint density at radius 1 is 1.04 bits per heavy atom. The van der Waals surface area contributed by atoms with Gasteiger partial charge in [0, 0.05) is 26.2 Å². The van der Waals surface area contributed by atoms with Crippen molar-refractivity contribution in [1.82, 2.24) is 0 Å². The van der Waals surface area contributed by atoms with Gasteiger partial charge in [0.1, 0.15) is 0 Å². The van der Waals surface area contributed by atoms with E-state index in [1.54, 1.807) is 0 Å². The molecule has 0 bridgehead atoms. The Morgan fingerprint density at radius 2 is 1.60 bits per heavy atom. The summed E-state index contributed by atoms with van der Waals surface area (Å²) in [5, 5.41) is -1.76. The van der Waals surface area contributed by atoms with E-state index in [1.807, 2.05) is 0 Å². The Kier molecular flexibility index (Phi) is 6.71. The number of hydrogen-bond acceptors (Lipinski definition) is 0. The van der Waals surface area contributed by atoms with Crippen molar-refractivity contribution in [3.05, 3.63) is 29.3 Å². The molecule has 142 valence electrons. The third-order valence-corrected chi connectivity index (χ3v) is 8.94. The Bertz CT molecular complexity index is 625. The van der Waals surface area contributed by atoms with E-state index in [0.29, 0.717) is 15.3 Å². The summed E-state index contributed by atoms with van der Waals surface area (Å²) in [6.07, 6.45) is 0. The van der Waals surface area contributed by atoms with Crippen LogP contribution in [0.5, 0.6) is 0 Å². The first-order valence-electron chi connectivity index (χ1n) is 9.07. The smallest absolute Gasteiger partial charge is 0.463 e. The van der Waals surface area contributed by atoms with Crippen molar-refractivity contribution in [3.8, 4) is 0 Å². The quantitative estimate of drug-likeness (QED) is 0.506. The van der Waals surface area contributed by atoms with Gasteiger partial charge in [0.05, 0.1) is 13.1 Å². The van der Waals surface area contributed by atoms with Gasteiger partial charge in [-0.15, -0.1) is 0 Å². The predicted molar refractivity (Wildman–Crippen MR) is 117 cm³/mol. The first kappa shape index (κ1) is 22.0. The molecule has 0 spiro atoms. The summed E-state index contributed by atoms with van der Waals surface area (Å²) in [5.41, 5.74) is 3.42. The van der Waals surface area contributed by atoms with E-state index in [1.165, 1.54) is 5.56 Å². The molecule has 2 rings (SSSR count). The lowest BCUT2D eigenvalue weighted by atomic mass is 9.73. The average Bonchev–Trinajstić information content (AvgIpc) is 2.79. The van der Waals surface area contributed by atoms with Crippen LogP contribution in [0.2, 0.25) is 0 Å². The number of halogens is 5. The molecule has 0 saturated carbocycles. The zero-order valence-electron chi connectivity index (χ0n) is 15.4. The lowest BCUT2D eigenvalue weighted by Gasteiger charge is -2.52. The fraction of sp³-hybridized carbons (Fsp3) is 0.625. The molecule has 0 aliphatic carbocycles. The summed E-state index contributed by atoms with van der Waals surface area (Å²) in [7, 11) is 0. The van der Waals surface area contributed by atoms with Crippen LogP contribution in [-0.4, -0.2) is 44.6 Å². The summed E-state index contributed by atoms with van der Waals surface area (Å²) in [6, 6.07) is 6.31. The van der Waals surface area contributed by atoms with Gasteiger partial charge in [-0.3, -0.25) is 57.3 Å². The Hall–Kier alpha value is 0.720. The molecule has 0 saturated heterocycles. The van der Waals surface area contributed by atoms with Crippen LogP contribution in [0.25, 0.3) is 0 Å². The van der Waals surface area contributed by atoms with Gasteiger partial charge in [-0.25, -0.2) is 0 Å². The molecule has 1 aromatic carbocycles. The molecule has 0 N–H and O–H groups in total. The van der Waals surface area contributed by atoms with Crippen LogP contribution in [0.1, 0.15) is 38.8 Å². The number of quaternary nitrogens is 2. The molecule has 2 nitrogen and oxygen atoms in total. The van der Waals surface area contributed by atoms with E-state index in [9.17, 15) is 0 Å². The van der Waals surface area contributed by atoms with E-state index in [4.69, 9.17) is 57.3 Å². The largest absolute Gasteiger partial charge is 0.481 e. The summed E-state index contributed by atoms with van der Waals surface area (Å²) in [6.45, 7) is 13.2. The summed E-state index contributed by atoms with van der Waals surface area (Å²) < 4.78 is -1.02. The molecule has 1 heterocycles. The van der Waals surface area contributed by atoms with Crippen LogP contribution in [0.15, 0.2) is 18.2 Å². The van der Waals surface area contributed by atoms with Crippen molar-refractivity contribution < 1.29 is 8.79 Å². The molecule has 1 aromatic rings. The first-order chi connectivity index (χ1) is 11.5. The highest BCUT2D eigenvalue weighted by atomic mass is 35.6. The predicted octanol–water partition coefficient (Wildman–Crippen LogP) is 5.19. The van der Waals surface area contributed by atoms with Gasteiger partial charge >= 0.3 is 9.64 Å². The van der Waals surface area contributed by atoms with Crippen LogP contribution >= 0.6 is 57.3 Å². The zero-order chi connectivity index (χ0) is 19.1. The fourth-order valence-electron chi connectivity index (χ4n) is 4.33. The molecule has 0 amide bonds. The third-order valence-electron chi connectivity index (χ3n) is 6.43. The second-order valence-corrected chi connectivity index (χ2v) is 11.2. The van der Waals surface area contributed by atoms with E-state index < -0.39 is 9.64 Å². The van der Waals surface area contributed by atoms with Gasteiger partial charge in [-0.2, -0.15) is 0 Å². The molecule has 9 heteroatoms. The molecule has 1 aliphatic heterocycles. The molecule has 0 radical (unpaired) electrons. The van der Waals surface area contributed by atoms with Crippen LogP contribution in [0, 0.1) is 0 Å². The van der Waals surface area contributed by atoms with E-state index in [2.05, 4.69) is 45.9 Å². The fourth-order valence-corrected chi connectivity index (χ4v) is 6.61. The minimum absolute atomic E-state index is 0.402. The monoisotopic (exact) mass is 444 g/mol. The minimum Gasteiger partial charge on any atom is -0.481 e. The zero-order valence-corrected chi connectivity index (χ0v) is 19.2. The van der Waals surface area contributed by atoms with Crippen molar-refractivity contribution in [3.63, 3.8) is 0 Å². The highest BCUT2D eigenvalue weighted by Crippen LogP contribution is 2.40. The minimum atomic E-state index is -2.11. The van der Waals surface area contributed by atoms with Crippen molar-refractivity contribution in [2.45, 2.75) is 40.8 Å².